The van der Waals surface area contributed by atoms with Gasteiger partial charge in [-0.1, -0.05) is 44.2 Å². The Kier molecular flexibility index (Phi) is 12.4. The van der Waals surface area contributed by atoms with Gasteiger partial charge in [-0.25, -0.2) is 4.79 Å². The van der Waals surface area contributed by atoms with E-state index >= 15 is 0 Å². The number of rotatable bonds is 5. The zero-order valence-electron chi connectivity index (χ0n) is 26.7. The van der Waals surface area contributed by atoms with Crippen molar-refractivity contribution >= 4 is 29.3 Å². The van der Waals surface area contributed by atoms with Gasteiger partial charge in [0.25, 0.3) is 11.8 Å². The summed E-state index contributed by atoms with van der Waals surface area (Å²) in [5, 5.41) is 25.6. The molecule has 0 spiro atoms. The molecule has 2 bridgehead atoms. The molecule has 0 unspecified atom stereocenters. The lowest BCUT2D eigenvalue weighted by Gasteiger charge is -2.33. The first-order valence-electron chi connectivity index (χ1n) is 14.8. The van der Waals surface area contributed by atoms with Gasteiger partial charge < -0.3 is 45.1 Å². The minimum Gasteiger partial charge on any atom is -0.505 e. The number of fused-ring (bicyclic) bond motifs is 4. The van der Waals surface area contributed by atoms with Crippen molar-refractivity contribution in [2.75, 3.05) is 37.6 Å². The first-order valence-corrected chi connectivity index (χ1v) is 14.8. The number of phenolic OH excluding ortho intramolecular Hbond substituents is 1. The maximum Gasteiger partial charge on any atom is 0.405 e. The minimum atomic E-state index is -0.994. The fraction of sp³-hybridized carbons (Fsp3) is 0.485. The number of carbonyl (C=O) groups excluding carboxylic acids is 3. The Morgan fingerprint density at radius 1 is 1.24 bits per heavy atom. The number of methoxy groups -OCH3 is 2. The van der Waals surface area contributed by atoms with Crippen LogP contribution in [0.25, 0.3) is 0 Å². The predicted molar refractivity (Wildman–Crippen MR) is 170 cm³/mol. The van der Waals surface area contributed by atoms with E-state index in [1.807, 2.05) is 13.8 Å². The van der Waals surface area contributed by atoms with E-state index in [1.165, 1.54) is 25.2 Å². The van der Waals surface area contributed by atoms with Gasteiger partial charge in [-0.15, -0.1) is 6.58 Å². The second-order valence-corrected chi connectivity index (χ2v) is 11.5. The lowest BCUT2D eigenvalue weighted by atomic mass is 9.87. The van der Waals surface area contributed by atoms with Crippen molar-refractivity contribution in [1.29, 1.82) is 0 Å². The molecule has 3 rings (SSSR count). The number of hydrogen-bond acceptors (Lipinski definition) is 9. The first-order chi connectivity index (χ1) is 21.3. The van der Waals surface area contributed by atoms with E-state index < -0.39 is 42.3 Å². The summed E-state index contributed by atoms with van der Waals surface area (Å²) in [6.07, 6.45) is 4.50. The summed E-state index contributed by atoms with van der Waals surface area (Å²) < 4.78 is 22.5. The number of aliphatic hydroxyl groups excluding tert-OH is 1. The molecule has 0 aromatic heterocycles. The highest BCUT2D eigenvalue weighted by Gasteiger charge is 2.34. The summed E-state index contributed by atoms with van der Waals surface area (Å²) in [5.74, 6) is -1.27. The molecule has 0 fully saturated rings. The molecule has 0 saturated heterocycles. The van der Waals surface area contributed by atoms with E-state index in [2.05, 4.69) is 11.9 Å². The van der Waals surface area contributed by atoms with Crippen LogP contribution in [-0.2, 0) is 30.2 Å². The van der Waals surface area contributed by atoms with Gasteiger partial charge in [0.2, 0.25) is 0 Å². The maximum atomic E-state index is 13.2. The largest absolute Gasteiger partial charge is 0.505 e. The minimum absolute atomic E-state index is 0.116. The van der Waals surface area contributed by atoms with E-state index in [0.717, 1.165) is 0 Å². The molecule has 2 heterocycles. The van der Waals surface area contributed by atoms with Crippen LogP contribution in [0.1, 0.15) is 39.7 Å². The number of hydrogen-bond donors (Lipinski definition) is 4. The Morgan fingerprint density at radius 3 is 2.58 bits per heavy atom. The number of aromatic hydroxyl groups is 1. The monoisotopic (exact) mass is 627 g/mol. The first kappa shape index (κ1) is 35.4. The van der Waals surface area contributed by atoms with Crippen LogP contribution in [0.5, 0.6) is 11.5 Å². The zero-order valence-corrected chi connectivity index (χ0v) is 26.7. The highest BCUT2D eigenvalue weighted by Crippen LogP contribution is 2.46. The summed E-state index contributed by atoms with van der Waals surface area (Å²) in [7, 11) is 2.95. The van der Waals surface area contributed by atoms with Crippen LogP contribution in [0.15, 0.2) is 54.2 Å². The molecule has 12 heteroatoms. The van der Waals surface area contributed by atoms with Crippen LogP contribution in [0.3, 0.4) is 0 Å². The number of primary amides is 1. The van der Waals surface area contributed by atoms with Crippen molar-refractivity contribution in [3.63, 3.8) is 0 Å². The van der Waals surface area contributed by atoms with Gasteiger partial charge in [-0.3, -0.25) is 9.59 Å². The molecule has 2 aliphatic heterocycles. The third-order valence-electron chi connectivity index (χ3n) is 8.02. The third kappa shape index (κ3) is 8.53. The lowest BCUT2D eigenvalue weighted by Crippen LogP contribution is -2.40. The Morgan fingerprint density at radius 2 is 1.96 bits per heavy atom. The third-order valence-corrected chi connectivity index (χ3v) is 8.02. The molecule has 0 saturated carbocycles. The van der Waals surface area contributed by atoms with Gasteiger partial charge in [-0.2, -0.15) is 0 Å². The topological polar surface area (TPSA) is 170 Å². The normalized spacial score (nSPS) is 26.6. The SMILES string of the molecule is C=CCN1C(=O)COc2cc3c(O)c(c21)C[C@@H](C)C[C@H](OC)[C@H](O)[C@@H](C)C=C(C)[C@H](OC(N)=O)[C@@H](OC)C=CC=C(C)C(=O)N3. The number of carbonyl (C=O) groups is 3. The number of ether oxygens (including phenoxy) is 4. The number of nitrogens with one attached hydrogen (secondary N) is 1. The molecule has 1 aromatic carbocycles. The summed E-state index contributed by atoms with van der Waals surface area (Å²) in [6, 6.07) is 1.50. The van der Waals surface area contributed by atoms with E-state index in [-0.39, 0.29) is 42.8 Å². The molecule has 3 amide bonds. The van der Waals surface area contributed by atoms with Crippen LogP contribution >= 0.6 is 0 Å². The summed E-state index contributed by atoms with van der Waals surface area (Å²) >= 11 is 0. The van der Waals surface area contributed by atoms with Crippen LogP contribution in [0.4, 0.5) is 16.2 Å². The Balaban J connectivity index is 2.17. The highest BCUT2D eigenvalue weighted by molar-refractivity contribution is 6.06. The number of nitrogens with zero attached hydrogens (tertiary/aromatic N) is 1. The molecule has 0 radical (unpaired) electrons. The molecule has 2 aliphatic rings. The smallest absolute Gasteiger partial charge is 0.405 e. The molecule has 246 valence electrons. The number of aliphatic hydroxyl groups is 1. The molecule has 1 aromatic rings. The number of benzene rings is 1. The fourth-order valence-corrected chi connectivity index (χ4v) is 5.65. The number of amides is 3. The zero-order chi connectivity index (χ0) is 33.4. The van der Waals surface area contributed by atoms with E-state index in [1.54, 1.807) is 44.2 Å². The van der Waals surface area contributed by atoms with Crippen molar-refractivity contribution in [1.82, 2.24) is 0 Å². The summed E-state index contributed by atoms with van der Waals surface area (Å²) in [5.41, 5.74) is 7.19. The standard InChI is InChI=1S/C33H45N3O9/c1-8-12-36-27(37)17-44-25-16-23-30(39)22(28(25)36)13-18(2)14-26(43-7)29(38)20(4)15-21(5)31(45-33(34)41)24(42-6)11-9-10-19(3)32(40)35-23/h8-11,15-16,18,20,24,26,29,31,38-39H,1,12-14,17H2,2-7H3,(H2,34,41)(H,35,40)/t18-,20+,24+,26+,29-,31+/m1/s1. The second-order valence-electron chi connectivity index (χ2n) is 11.5. The van der Waals surface area contributed by atoms with E-state index in [4.69, 9.17) is 24.7 Å². The van der Waals surface area contributed by atoms with Crippen LogP contribution in [-0.4, -0.2) is 79.9 Å². The lowest BCUT2D eigenvalue weighted by molar-refractivity contribution is -0.121. The average molecular weight is 628 g/mol. The summed E-state index contributed by atoms with van der Waals surface area (Å²) in [6.45, 7) is 10.8. The van der Waals surface area contributed by atoms with Crippen LogP contribution in [0, 0.1) is 11.8 Å². The molecule has 5 N–H and O–H groups in total. The van der Waals surface area contributed by atoms with E-state index in [0.29, 0.717) is 34.6 Å². The van der Waals surface area contributed by atoms with Crippen molar-refractivity contribution < 1.29 is 43.5 Å². The van der Waals surface area contributed by atoms with Gasteiger partial charge in [0.15, 0.2) is 12.7 Å². The van der Waals surface area contributed by atoms with Crippen molar-refractivity contribution in [2.45, 2.75) is 65.0 Å². The number of phenols is 1. The van der Waals surface area contributed by atoms with Crippen molar-refractivity contribution in [3.8, 4) is 11.5 Å². The second kappa shape index (κ2) is 15.7. The molecular formula is C33H45N3O9. The maximum absolute atomic E-state index is 13.2. The van der Waals surface area contributed by atoms with Gasteiger partial charge in [-0.05, 0) is 38.2 Å². The molecular weight excluding hydrogens is 582 g/mol. The van der Waals surface area contributed by atoms with Crippen LogP contribution < -0.4 is 20.7 Å². The Hall–Kier alpha value is -4.13. The number of allylic oxidation sites excluding steroid dienone is 2. The number of anilines is 2. The van der Waals surface area contributed by atoms with Gasteiger partial charge in [0, 0.05) is 43.9 Å². The fourth-order valence-electron chi connectivity index (χ4n) is 5.65. The number of nitrogens with two attached hydrogens (primary N) is 1. The molecule has 0 aliphatic carbocycles. The van der Waals surface area contributed by atoms with E-state index in [9.17, 15) is 24.6 Å². The van der Waals surface area contributed by atoms with Crippen LogP contribution in [0.2, 0.25) is 0 Å². The van der Waals surface area contributed by atoms with Gasteiger partial charge in [0.05, 0.1) is 23.6 Å². The van der Waals surface area contributed by atoms with Crippen molar-refractivity contribution in [2.24, 2.45) is 17.6 Å². The Labute approximate surface area is 264 Å². The molecule has 12 nitrogen and oxygen atoms in total. The van der Waals surface area contributed by atoms with Gasteiger partial charge in [0.1, 0.15) is 17.6 Å². The quantitative estimate of drug-likeness (QED) is 0.280. The van der Waals surface area contributed by atoms with Gasteiger partial charge >= 0.3 is 6.09 Å². The highest BCUT2D eigenvalue weighted by atomic mass is 16.6. The van der Waals surface area contributed by atoms with Crippen molar-refractivity contribution in [3.05, 3.63) is 59.7 Å². The molecule has 6 atom stereocenters. The predicted octanol–water partition coefficient (Wildman–Crippen LogP) is 3.76. The Bertz CT molecular complexity index is 1370. The average Bonchev–Trinajstić information content (AvgIpc) is 2.99. The molecule has 45 heavy (non-hydrogen) atoms. The summed E-state index contributed by atoms with van der Waals surface area (Å²) in [4.78, 5) is 39.3.